The van der Waals surface area contributed by atoms with Gasteiger partial charge in [0.15, 0.2) is 0 Å². The zero-order valence-corrected chi connectivity index (χ0v) is 14.0. The second-order valence-electron chi connectivity index (χ2n) is 2.90. The van der Waals surface area contributed by atoms with Crippen LogP contribution >= 0.6 is 57.8 Å². The van der Waals surface area contributed by atoms with Crippen LogP contribution in [0.3, 0.4) is 0 Å². The first kappa shape index (κ1) is 18.2. The Labute approximate surface area is 116 Å². The number of thiocarbonyl (C=S) groups is 2. The molecule has 0 atom stereocenters. The molecule has 90 valence electrons. The normalized spacial score (nSPS) is 8.67. The Morgan fingerprint density at radius 1 is 0.800 bits per heavy atom. The van der Waals surface area contributed by atoms with Gasteiger partial charge in [-0.25, -0.2) is 0 Å². The van der Waals surface area contributed by atoms with Crippen molar-refractivity contribution in [3.63, 3.8) is 0 Å². The van der Waals surface area contributed by atoms with E-state index >= 15 is 0 Å². The van der Waals surface area contributed by atoms with Crippen LogP contribution in [0.15, 0.2) is 0 Å². The highest BCUT2D eigenvalue weighted by molar-refractivity contribution is 8.89. The lowest BCUT2D eigenvalue weighted by Gasteiger charge is -2.15. The molecule has 0 unspecified atom stereocenters. The molecule has 0 spiro atoms. The van der Waals surface area contributed by atoms with Gasteiger partial charge in [0.25, 0.3) is 0 Å². The summed E-state index contributed by atoms with van der Waals surface area (Å²) in [7, 11) is 10.7. The topological polar surface area (TPSA) is 6.48 Å². The Hall–Kier alpha value is 0.830. The Kier molecular flexibility index (Phi) is 13.7. The summed E-state index contributed by atoms with van der Waals surface area (Å²) in [6.45, 7) is 0. The minimum Gasteiger partial charge on any atom is -0.363 e. The van der Waals surface area contributed by atoms with Crippen LogP contribution in [0.2, 0.25) is 0 Å². The molecule has 0 amide bonds. The van der Waals surface area contributed by atoms with Crippen LogP contribution in [0.4, 0.5) is 0 Å². The fourth-order valence-corrected chi connectivity index (χ4v) is 2.60. The van der Waals surface area contributed by atoms with Crippen molar-refractivity contribution in [1.82, 2.24) is 9.80 Å². The van der Waals surface area contributed by atoms with Gasteiger partial charge in [-0.1, -0.05) is 24.4 Å². The molecular weight excluding hydrogens is 284 g/mol. The molecule has 0 fully saturated rings. The monoisotopic (exact) mass is 302 g/mol. The molecule has 2 nitrogen and oxygen atoms in total. The van der Waals surface area contributed by atoms with E-state index in [-0.39, 0.29) is 0 Å². The summed E-state index contributed by atoms with van der Waals surface area (Å²) in [5.41, 5.74) is 0. The predicted octanol–water partition coefficient (Wildman–Crippen LogP) is 3.04. The summed E-state index contributed by atoms with van der Waals surface area (Å²) in [5, 5.41) is 0. The third kappa shape index (κ3) is 12.8. The summed E-state index contributed by atoms with van der Waals surface area (Å²) >= 11 is 11.9. The van der Waals surface area contributed by atoms with Gasteiger partial charge in [0.2, 0.25) is 0 Å². The summed E-state index contributed by atoms with van der Waals surface area (Å²) < 4.78 is 1.67. The SMILES string of the molecule is CN(C)C(=S)SSC(=S)N(C)C.CSC. The quantitative estimate of drug-likeness (QED) is 0.495. The maximum Gasteiger partial charge on any atom is 0.146 e. The van der Waals surface area contributed by atoms with Crippen LogP contribution in [0.25, 0.3) is 0 Å². The van der Waals surface area contributed by atoms with Crippen molar-refractivity contribution in [2.75, 3.05) is 40.7 Å². The molecule has 0 aliphatic rings. The fourth-order valence-electron chi connectivity index (χ4n) is 0.220. The van der Waals surface area contributed by atoms with Gasteiger partial charge in [0.05, 0.1) is 0 Å². The van der Waals surface area contributed by atoms with E-state index in [1.807, 2.05) is 50.5 Å². The van der Waals surface area contributed by atoms with E-state index in [0.29, 0.717) is 0 Å². The second kappa shape index (κ2) is 11.3. The lowest BCUT2D eigenvalue weighted by atomic mass is 11.0. The zero-order valence-electron chi connectivity index (χ0n) is 9.94. The Morgan fingerprint density at radius 2 is 1.00 bits per heavy atom. The van der Waals surface area contributed by atoms with E-state index in [1.165, 1.54) is 21.6 Å². The Morgan fingerprint density at radius 3 is 1.13 bits per heavy atom. The number of hydrogen-bond acceptors (Lipinski definition) is 5. The van der Waals surface area contributed by atoms with Crippen LogP contribution in [0, 0.1) is 0 Å². The first-order valence-corrected chi connectivity index (χ1v) is 8.64. The molecule has 0 aromatic carbocycles. The average molecular weight is 303 g/mol. The fraction of sp³-hybridized carbons (Fsp3) is 0.750. The highest BCUT2D eigenvalue weighted by Crippen LogP contribution is 2.26. The van der Waals surface area contributed by atoms with Crippen LogP contribution in [0.1, 0.15) is 0 Å². The molecule has 7 heteroatoms. The van der Waals surface area contributed by atoms with Crippen molar-refractivity contribution < 1.29 is 0 Å². The van der Waals surface area contributed by atoms with Gasteiger partial charge >= 0.3 is 0 Å². The van der Waals surface area contributed by atoms with E-state index in [2.05, 4.69) is 0 Å². The van der Waals surface area contributed by atoms with E-state index in [4.69, 9.17) is 24.4 Å². The average Bonchev–Trinajstić information content (AvgIpc) is 2.14. The highest BCUT2D eigenvalue weighted by Gasteiger charge is 2.04. The standard InChI is InChI=1S/C6H12N2S4.C2H6S/c1-7(2)5(9)11-12-6(10)8(3)4;1-3-2/h1-4H3;1-2H3. The molecule has 0 aliphatic heterocycles. The van der Waals surface area contributed by atoms with Gasteiger partial charge in [-0.05, 0) is 34.1 Å². The minimum absolute atomic E-state index is 0.837. The molecule has 0 aliphatic carbocycles. The molecule has 0 aromatic heterocycles. The molecule has 0 rings (SSSR count). The Balaban J connectivity index is 0. The molecule has 0 saturated carbocycles. The van der Waals surface area contributed by atoms with Gasteiger partial charge < -0.3 is 9.80 Å². The van der Waals surface area contributed by atoms with E-state index in [0.717, 1.165) is 8.64 Å². The van der Waals surface area contributed by atoms with Crippen molar-refractivity contribution in [3.8, 4) is 0 Å². The van der Waals surface area contributed by atoms with Crippen molar-refractivity contribution in [2.24, 2.45) is 0 Å². The predicted molar refractivity (Wildman–Crippen MR) is 87.2 cm³/mol. The second-order valence-corrected chi connectivity index (χ2v) is 7.11. The van der Waals surface area contributed by atoms with E-state index in [9.17, 15) is 0 Å². The highest BCUT2D eigenvalue weighted by atomic mass is 33.1. The first-order valence-electron chi connectivity index (χ1n) is 4.04. The summed E-state index contributed by atoms with van der Waals surface area (Å²) in [6, 6.07) is 0. The third-order valence-corrected chi connectivity index (χ3v) is 5.07. The molecule has 0 saturated heterocycles. The lowest BCUT2D eigenvalue weighted by molar-refractivity contribution is 0.647. The minimum atomic E-state index is 0.837. The van der Waals surface area contributed by atoms with Gasteiger partial charge in [0.1, 0.15) is 8.64 Å². The van der Waals surface area contributed by atoms with Crippen molar-refractivity contribution in [2.45, 2.75) is 0 Å². The smallest absolute Gasteiger partial charge is 0.146 e. The molecule has 0 N–H and O–H groups in total. The van der Waals surface area contributed by atoms with Gasteiger partial charge in [-0.15, -0.1) is 0 Å². The van der Waals surface area contributed by atoms with Crippen molar-refractivity contribution >= 4 is 66.4 Å². The molecule has 0 bridgehead atoms. The molecule has 0 heterocycles. The molecule has 0 aromatic rings. The summed E-state index contributed by atoms with van der Waals surface area (Å²) in [4.78, 5) is 3.79. The maximum absolute atomic E-state index is 5.07. The first-order chi connectivity index (χ1) is 6.86. The van der Waals surface area contributed by atoms with Crippen LogP contribution in [-0.4, -0.2) is 59.1 Å². The number of nitrogens with zero attached hydrogens (tertiary/aromatic N) is 2. The summed E-state index contributed by atoms with van der Waals surface area (Å²) in [5.74, 6) is 0. The van der Waals surface area contributed by atoms with Crippen LogP contribution in [-0.2, 0) is 0 Å². The van der Waals surface area contributed by atoms with Gasteiger partial charge in [0, 0.05) is 28.2 Å². The number of hydrogen-bond donors (Lipinski definition) is 0. The zero-order chi connectivity index (χ0) is 12.4. The van der Waals surface area contributed by atoms with Gasteiger partial charge in [-0.3, -0.25) is 0 Å². The molecule has 0 radical (unpaired) electrons. The van der Waals surface area contributed by atoms with Crippen LogP contribution in [0.5, 0.6) is 0 Å². The van der Waals surface area contributed by atoms with Crippen molar-refractivity contribution in [3.05, 3.63) is 0 Å². The lowest BCUT2D eigenvalue weighted by Crippen LogP contribution is -2.18. The van der Waals surface area contributed by atoms with Gasteiger partial charge in [-0.2, -0.15) is 11.8 Å². The third-order valence-electron chi connectivity index (χ3n) is 0.915. The molecule has 15 heavy (non-hydrogen) atoms. The molecular formula is C8H18N2S5. The number of rotatable bonds is 0. The largest absolute Gasteiger partial charge is 0.363 e. The summed E-state index contributed by atoms with van der Waals surface area (Å²) in [6.07, 6.45) is 4.08. The van der Waals surface area contributed by atoms with Crippen molar-refractivity contribution in [1.29, 1.82) is 0 Å². The maximum atomic E-state index is 5.07. The number of thioether (sulfide) groups is 1. The van der Waals surface area contributed by atoms with E-state index < -0.39 is 0 Å². The van der Waals surface area contributed by atoms with Crippen LogP contribution < -0.4 is 0 Å². The van der Waals surface area contributed by atoms with E-state index in [1.54, 1.807) is 11.8 Å². The Bertz CT molecular complexity index is 173.